The Kier molecular flexibility index (Phi) is 4.73. The van der Waals surface area contributed by atoms with Gasteiger partial charge in [0.2, 0.25) is 0 Å². The van der Waals surface area contributed by atoms with E-state index in [2.05, 4.69) is 15.3 Å². The monoisotopic (exact) mass is 332 g/mol. The predicted molar refractivity (Wildman–Crippen MR) is 88.2 cm³/mol. The lowest BCUT2D eigenvalue weighted by Gasteiger charge is -2.26. The molecule has 23 heavy (non-hydrogen) atoms. The molecule has 0 radical (unpaired) electrons. The minimum atomic E-state index is -0.119. The van der Waals surface area contributed by atoms with Crippen LogP contribution in [0.5, 0.6) is 0 Å². The summed E-state index contributed by atoms with van der Waals surface area (Å²) in [6.07, 6.45) is 3.04. The smallest absolute Gasteiger partial charge is 0.274 e. The molecule has 2 aromatic rings. The summed E-state index contributed by atoms with van der Waals surface area (Å²) in [7, 11) is 0. The number of hydrogen-bond donors (Lipinski definition) is 1. The first-order valence-electron chi connectivity index (χ1n) is 7.36. The lowest BCUT2D eigenvalue weighted by molar-refractivity contribution is 0.0298. The predicted octanol–water partition coefficient (Wildman–Crippen LogP) is 2.65. The van der Waals surface area contributed by atoms with Gasteiger partial charge in [-0.3, -0.25) is 4.79 Å². The van der Waals surface area contributed by atoms with E-state index < -0.39 is 0 Å². The van der Waals surface area contributed by atoms with Gasteiger partial charge in [-0.05, 0) is 24.6 Å². The molecule has 1 aliphatic heterocycles. The molecule has 6 nitrogen and oxygen atoms in total. The third-order valence-electron chi connectivity index (χ3n) is 3.70. The van der Waals surface area contributed by atoms with E-state index in [0.29, 0.717) is 42.8 Å². The van der Waals surface area contributed by atoms with Crippen molar-refractivity contribution >= 4 is 29.0 Å². The lowest BCUT2D eigenvalue weighted by atomic mass is 10.2. The molecule has 1 amide bonds. The number of aromatic nitrogens is 2. The van der Waals surface area contributed by atoms with Gasteiger partial charge in [-0.2, -0.15) is 0 Å². The zero-order valence-electron chi connectivity index (χ0n) is 12.8. The zero-order valence-corrected chi connectivity index (χ0v) is 13.5. The van der Waals surface area contributed by atoms with Crippen LogP contribution in [0, 0.1) is 6.92 Å². The van der Waals surface area contributed by atoms with Crippen LogP contribution >= 0.6 is 11.6 Å². The Labute approximate surface area is 139 Å². The Bertz CT molecular complexity index is 700. The summed E-state index contributed by atoms with van der Waals surface area (Å²) in [5.74, 6) is 0.445. The van der Waals surface area contributed by atoms with Crippen LogP contribution in [-0.2, 0) is 4.74 Å². The van der Waals surface area contributed by atoms with Crippen molar-refractivity contribution in [3.8, 4) is 0 Å². The van der Waals surface area contributed by atoms with Crippen molar-refractivity contribution in [2.45, 2.75) is 6.92 Å². The van der Waals surface area contributed by atoms with E-state index in [4.69, 9.17) is 16.3 Å². The van der Waals surface area contributed by atoms with Crippen molar-refractivity contribution in [1.29, 1.82) is 0 Å². The largest absolute Gasteiger partial charge is 0.378 e. The van der Waals surface area contributed by atoms with Gasteiger partial charge >= 0.3 is 0 Å². The molecule has 7 heteroatoms. The molecule has 120 valence electrons. The Morgan fingerprint density at radius 1 is 1.26 bits per heavy atom. The summed E-state index contributed by atoms with van der Waals surface area (Å²) in [6, 6.07) is 5.61. The number of carbonyl (C=O) groups excluding carboxylic acids is 1. The number of rotatable bonds is 3. The Morgan fingerprint density at radius 2 is 2.04 bits per heavy atom. The van der Waals surface area contributed by atoms with Gasteiger partial charge in [-0.25, -0.2) is 9.97 Å². The molecule has 3 rings (SSSR count). The molecule has 2 heterocycles. The maximum Gasteiger partial charge on any atom is 0.274 e. The average molecular weight is 333 g/mol. The summed E-state index contributed by atoms with van der Waals surface area (Å²) in [5.41, 5.74) is 2.13. The van der Waals surface area contributed by atoms with Gasteiger partial charge in [0.15, 0.2) is 0 Å². The van der Waals surface area contributed by atoms with Crippen molar-refractivity contribution in [1.82, 2.24) is 14.9 Å². The van der Waals surface area contributed by atoms with Gasteiger partial charge in [-0.1, -0.05) is 17.7 Å². The normalized spacial score (nSPS) is 14.6. The summed E-state index contributed by atoms with van der Waals surface area (Å²) in [4.78, 5) is 22.5. The molecular weight excluding hydrogens is 316 g/mol. The Morgan fingerprint density at radius 3 is 2.74 bits per heavy atom. The van der Waals surface area contributed by atoms with Gasteiger partial charge in [0.05, 0.1) is 25.6 Å². The molecule has 0 unspecified atom stereocenters. The van der Waals surface area contributed by atoms with E-state index in [1.54, 1.807) is 11.1 Å². The first kappa shape index (κ1) is 15.7. The minimum Gasteiger partial charge on any atom is -0.378 e. The molecule has 1 aliphatic rings. The van der Waals surface area contributed by atoms with Crippen molar-refractivity contribution in [2.75, 3.05) is 31.6 Å². The van der Waals surface area contributed by atoms with Crippen molar-refractivity contribution < 1.29 is 9.53 Å². The standard InChI is InChI=1S/C16H17ClN4O2/c1-11-12(17)3-2-4-13(11)20-15-10-18-14(9-19-15)16(22)21-5-7-23-8-6-21/h2-4,9-10H,5-8H2,1H3,(H,19,20). The molecule has 0 saturated carbocycles. The van der Waals surface area contributed by atoms with E-state index in [1.807, 2.05) is 25.1 Å². The summed E-state index contributed by atoms with van der Waals surface area (Å²) < 4.78 is 5.24. The second-order valence-electron chi connectivity index (χ2n) is 5.23. The highest BCUT2D eigenvalue weighted by Crippen LogP contribution is 2.25. The first-order chi connectivity index (χ1) is 11.1. The quantitative estimate of drug-likeness (QED) is 0.936. The number of ether oxygens (including phenoxy) is 1. The van der Waals surface area contributed by atoms with E-state index in [0.717, 1.165) is 11.3 Å². The van der Waals surface area contributed by atoms with Crippen molar-refractivity contribution in [3.05, 3.63) is 46.9 Å². The third kappa shape index (κ3) is 3.60. The van der Waals surface area contributed by atoms with Crippen LogP contribution in [0.15, 0.2) is 30.6 Å². The molecule has 1 fully saturated rings. The van der Waals surface area contributed by atoms with Gasteiger partial charge in [-0.15, -0.1) is 0 Å². The molecule has 0 spiro atoms. The highest BCUT2D eigenvalue weighted by Gasteiger charge is 2.19. The number of benzene rings is 1. The number of amides is 1. The Hall–Kier alpha value is -2.18. The van der Waals surface area contributed by atoms with Crippen LogP contribution in [0.25, 0.3) is 0 Å². The van der Waals surface area contributed by atoms with Crippen molar-refractivity contribution in [3.63, 3.8) is 0 Å². The first-order valence-corrected chi connectivity index (χ1v) is 7.74. The van der Waals surface area contributed by atoms with Crippen LogP contribution in [-0.4, -0.2) is 47.1 Å². The summed E-state index contributed by atoms with van der Waals surface area (Å²) in [6.45, 7) is 4.22. The van der Waals surface area contributed by atoms with Gasteiger partial charge in [0.1, 0.15) is 11.5 Å². The fourth-order valence-corrected chi connectivity index (χ4v) is 2.49. The average Bonchev–Trinajstić information content (AvgIpc) is 2.60. The number of hydrogen-bond acceptors (Lipinski definition) is 5. The number of nitrogens with zero attached hydrogens (tertiary/aromatic N) is 3. The fourth-order valence-electron chi connectivity index (χ4n) is 2.31. The van der Waals surface area contributed by atoms with Crippen LogP contribution in [0.1, 0.15) is 16.1 Å². The molecule has 1 N–H and O–H groups in total. The topological polar surface area (TPSA) is 67.4 Å². The zero-order chi connectivity index (χ0) is 16.2. The number of halogens is 1. The molecule has 0 aliphatic carbocycles. The van der Waals surface area contributed by atoms with Crippen LogP contribution in [0.3, 0.4) is 0 Å². The van der Waals surface area contributed by atoms with E-state index in [9.17, 15) is 4.79 Å². The van der Waals surface area contributed by atoms with Crippen molar-refractivity contribution in [2.24, 2.45) is 0 Å². The summed E-state index contributed by atoms with van der Waals surface area (Å²) >= 11 is 6.10. The molecule has 0 bridgehead atoms. The summed E-state index contributed by atoms with van der Waals surface area (Å²) in [5, 5.41) is 3.84. The van der Waals surface area contributed by atoms with Crippen LogP contribution in [0.4, 0.5) is 11.5 Å². The van der Waals surface area contributed by atoms with Gasteiger partial charge in [0, 0.05) is 23.8 Å². The van der Waals surface area contributed by atoms with E-state index >= 15 is 0 Å². The SMILES string of the molecule is Cc1c(Cl)cccc1Nc1cnc(C(=O)N2CCOCC2)cn1. The fraction of sp³-hybridized carbons (Fsp3) is 0.312. The molecule has 1 saturated heterocycles. The maximum absolute atomic E-state index is 12.3. The lowest BCUT2D eigenvalue weighted by Crippen LogP contribution is -2.41. The van der Waals surface area contributed by atoms with E-state index in [-0.39, 0.29) is 5.91 Å². The Balaban J connectivity index is 1.71. The third-order valence-corrected chi connectivity index (χ3v) is 4.11. The van der Waals surface area contributed by atoms with Gasteiger partial charge in [0.25, 0.3) is 5.91 Å². The highest BCUT2D eigenvalue weighted by molar-refractivity contribution is 6.31. The maximum atomic E-state index is 12.3. The molecular formula is C16H17ClN4O2. The second-order valence-corrected chi connectivity index (χ2v) is 5.64. The van der Waals surface area contributed by atoms with Gasteiger partial charge < -0.3 is 15.0 Å². The number of anilines is 2. The number of morpholine rings is 1. The molecule has 1 aromatic carbocycles. The van der Waals surface area contributed by atoms with E-state index in [1.165, 1.54) is 6.20 Å². The molecule has 0 atom stereocenters. The van der Waals surface area contributed by atoms with Crippen LogP contribution in [0.2, 0.25) is 5.02 Å². The second kappa shape index (κ2) is 6.93. The number of nitrogens with one attached hydrogen (secondary N) is 1. The van der Waals surface area contributed by atoms with Crippen LogP contribution < -0.4 is 5.32 Å². The number of carbonyl (C=O) groups is 1. The minimum absolute atomic E-state index is 0.119. The molecule has 1 aromatic heterocycles. The highest BCUT2D eigenvalue weighted by atomic mass is 35.5.